The van der Waals surface area contributed by atoms with E-state index < -0.39 is 10.5 Å². The molecule has 4 rings (SSSR count). The molecule has 1 aromatic heterocycles. The van der Waals surface area contributed by atoms with E-state index >= 15 is 0 Å². The lowest BCUT2D eigenvalue weighted by Gasteiger charge is -2.22. The first-order valence-electron chi connectivity index (χ1n) is 10.4. The fraction of sp³-hybridized carbons (Fsp3) is 0.160. The minimum atomic E-state index is -0.697. The van der Waals surface area contributed by atoms with Crippen LogP contribution < -0.4 is 10.3 Å². The number of nitro benzene ring substituents is 1. The SMILES string of the molecule is CC(C)(C)Oc1c(C=Nn2c(-c3ccccc3)nc3ccccc3c2=O)cc(Br)cc1[N+](=O)[O-]. The maximum Gasteiger partial charge on any atom is 0.312 e. The number of nitrogens with zero attached hydrogens (tertiary/aromatic N) is 4. The summed E-state index contributed by atoms with van der Waals surface area (Å²) in [5.41, 5.74) is 0.329. The molecule has 0 bridgehead atoms. The van der Waals surface area contributed by atoms with Gasteiger partial charge < -0.3 is 4.74 Å². The molecule has 0 amide bonds. The van der Waals surface area contributed by atoms with Gasteiger partial charge in [0.2, 0.25) is 5.75 Å². The number of benzene rings is 3. The van der Waals surface area contributed by atoms with Gasteiger partial charge in [-0.1, -0.05) is 58.4 Å². The van der Waals surface area contributed by atoms with Gasteiger partial charge in [-0.3, -0.25) is 14.9 Å². The lowest BCUT2D eigenvalue weighted by molar-refractivity contribution is -0.386. The standard InChI is InChI=1S/C25H21BrN4O4/c1-25(2,3)34-22-17(13-18(26)14-21(22)30(32)33)15-27-29-23(16-9-5-4-6-10-16)28-20-12-8-7-11-19(20)24(29)31/h4-15H,1-3H3. The molecule has 8 nitrogen and oxygen atoms in total. The minimum absolute atomic E-state index is 0.0625. The topological polar surface area (TPSA) is 99.6 Å². The molecule has 0 saturated carbocycles. The molecular formula is C25H21BrN4O4. The highest BCUT2D eigenvalue weighted by Gasteiger charge is 2.25. The zero-order valence-corrected chi connectivity index (χ0v) is 20.3. The van der Waals surface area contributed by atoms with Crippen LogP contribution in [0.15, 0.2) is 81.1 Å². The normalized spacial score (nSPS) is 11.8. The van der Waals surface area contributed by atoms with Crippen molar-refractivity contribution in [3.63, 3.8) is 0 Å². The van der Waals surface area contributed by atoms with E-state index in [9.17, 15) is 14.9 Å². The molecule has 0 radical (unpaired) electrons. The third-order valence-electron chi connectivity index (χ3n) is 4.77. The van der Waals surface area contributed by atoms with E-state index in [1.54, 1.807) is 45.0 Å². The van der Waals surface area contributed by atoms with Crippen LogP contribution in [0.3, 0.4) is 0 Å². The Labute approximate surface area is 203 Å². The second-order valence-corrected chi connectivity index (χ2v) is 9.41. The van der Waals surface area contributed by atoms with Crippen LogP contribution in [0.4, 0.5) is 5.69 Å². The van der Waals surface area contributed by atoms with Crippen molar-refractivity contribution >= 4 is 38.7 Å². The molecule has 9 heteroatoms. The van der Waals surface area contributed by atoms with Crippen molar-refractivity contribution in [1.82, 2.24) is 9.66 Å². The van der Waals surface area contributed by atoms with Gasteiger partial charge in [-0.25, -0.2) is 4.98 Å². The van der Waals surface area contributed by atoms with Crippen LogP contribution in [0.2, 0.25) is 0 Å². The van der Waals surface area contributed by atoms with Crippen molar-refractivity contribution in [3.05, 3.63) is 97.2 Å². The fourth-order valence-electron chi connectivity index (χ4n) is 3.37. The monoisotopic (exact) mass is 520 g/mol. The number of halogens is 1. The minimum Gasteiger partial charge on any atom is -0.481 e. The van der Waals surface area contributed by atoms with Crippen molar-refractivity contribution in [2.24, 2.45) is 5.10 Å². The number of hydrogen-bond donors (Lipinski definition) is 0. The molecule has 0 aliphatic heterocycles. The summed E-state index contributed by atoms with van der Waals surface area (Å²) in [5.74, 6) is 0.413. The Morgan fingerprint density at radius 3 is 2.44 bits per heavy atom. The lowest BCUT2D eigenvalue weighted by Crippen LogP contribution is -2.24. The molecule has 172 valence electrons. The largest absolute Gasteiger partial charge is 0.481 e. The first-order valence-corrected chi connectivity index (χ1v) is 11.2. The Hall–Kier alpha value is -3.85. The highest BCUT2D eigenvalue weighted by atomic mass is 79.9. The van der Waals surface area contributed by atoms with Gasteiger partial charge in [-0.05, 0) is 39.0 Å². The van der Waals surface area contributed by atoms with Gasteiger partial charge in [-0.15, -0.1) is 0 Å². The molecule has 1 heterocycles. The van der Waals surface area contributed by atoms with Crippen LogP contribution in [0, 0.1) is 10.1 Å². The van der Waals surface area contributed by atoms with E-state index in [1.807, 2.05) is 36.4 Å². The third kappa shape index (κ3) is 4.89. The number of ether oxygens (including phenoxy) is 1. The maximum atomic E-state index is 13.4. The van der Waals surface area contributed by atoms with Gasteiger partial charge in [0.15, 0.2) is 5.82 Å². The quantitative estimate of drug-likeness (QED) is 0.188. The molecule has 0 atom stereocenters. The van der Waals surface area contributed by atoms with Crippen molar-refractivity contribution in [3.8, 4) is 17.1 Å². The van der Waals surface area contributed by atoms with Crippen molar-refractivity contribution < 1.29 is 9.66 Å². The summed E-state index contributed by atoms with van der Waals surface area (Å²) in [6, 6.07) is 19.3. The molecule has 0 N–H and O–H groups in total. The third-order valence-corrected chi connectivity index (χ3v) is 5.22. The second kappa shape index (κ2) is 9.18. The Kier molecular flexibility index (Phi) is 6.30. The van der Waals surface area contributed by atoms with Crippen LogP contribution in [0.5, 0.6) is 5.75 Å². The molecule has 4 aromatic rings. The first-order chi connectivity index (χ1) is 16.1. The van der Waals surface area contributed by atoms with Gasteiger partial charge in [0.25, 0.3) is 5.56 Å². The van der Waals surface area contributed by atoms with E-state index in [1.165, 1.54) is 17.0 Å². The summed E-state index contributed by atoms with van der Waals surface area (Å²) >= 11 is 3.32. The second-order valence-electron chi connectivity index (χ2n) is 8.49. The maximum absolute atomic E-state index is 13.4. The Morgan fingerprint density at radius 2 is 1.76 bits per heavy atom. The number of para-hydroxylation sites is 1. The van der Waals surface area contributed by atoms with E-state index in [0.29, 0.717) is 32.3 Å². The van der Waals surface area contributed by atoms with E-state index in [2.05, 4.69) is 26.0 Å². The van der Waals surface area contributed by atoms with E-state index in [0.717, 1.165) is 0 Å². The van der Waals surface area contributed by atoms with Crippen molar-refractivity contribution in [2.45, 2.75) is 26.4 Å². The Balaban J connectivity index is 1.95. The molecule has 0 fully saturated rings. The summed E-state index contributed by atoms with van der Waals surface area (Å²) in [6.07, 6.45) is 1.38. The van der Waals surface area contributed by atoms with Crippen molar-refractivity contribution in [2.75, 3.05) is 0 Å². The summed E-state index contributed by atoms with van der Waals surface area (Å²) in [7, 11) is 0. The molecular weight excluding hydrogens is 500 g/mol. The summed E-state index contributed by atoms with van der Waals surface area (Å²) in [6.45, 7) is 5.39. The summed E-state index contributed by atoms with van der Waals surface area (Å²) < 4.78 is 7.61. The van der Waals surface area contributed by atoms with Crippen LogP contribution in [-0.2, 0) is 0 Å². The predicted molar refractivity (Wildman–Crippen MR) is 136 cm³/mol. The fourth-order valence-corrected chi connectivity index (χ4v) is 3.84. The van der Waals surface area contributed by atoms with E-state index in [-0.39, 0.29) is 17.0 Å². The van der Waals surface area contributed by atoms with Gasteiger partial charge in [-0.2, -0.15) is 9.78 Å². The van der Waals surface area contributed by atoms with Gasteiger partial charge in [0, 0.05) is 21.7 Å². The van der Waals surface area contributed by atoms with Gasteiger partial charge >= 0.3 is 5.69 Å². The van der Waals surface area contributed by atoms with Crippen LogP contribution in [0.1, 0.15) is 26.3 Å². The molecule has 0 saturated heterocycles. The molecule has 0 unspecified atom stereocenters. The molecule has 0 spiro atoms. The van der Waals surface area contributed by atoms with E-state index in [4.69, 9.17) is 4.74 Å². The summed E-state index contributed by atoms with van der Waals surface area (Å²) in [4.78, 5) is 29.2. The lowest BCUT2D eigenvalue weighted by atomic mass is 10.1. The molecule has 0 aliphatic carbocycles. The Bertz CT molecular complexity index is 1470. The smallest absolute Gasteiger partial charge is 0.312 e. The molecule has 34 heavy (non-hydrogen) atoms. The Morgan fingerprint density at radius 1 is 1.09 bits per heavy atom. The number of fused-ring (bicyclic) bond motifs is 1. The van der Waals surface area contributed by atoms with Gasteiger partial charge in [0.1, 0.15) is 5.60 Å². The number of aromatic nitrogens is 2. The predicted octanol–water partition coefficient (Wildman–Crippen LogP) is 5.79. The van der Waals surface area contributed by atoms with Crippen molar-refractivity contribution in [1.29, 1.82) is 0 Å². The highest BCUT2D eigenvalue weighted by molar-refractivity contribution is 9.10. The highest BCUT2D eigenvalue weighted by Crippen LogP contribution is 2.36. The number of nitro groups is 1. The number of hydrogen-bond acceptors (Lipinski definition) is 6. The zero-order chi connectivity index (χ0) is 24.5. The molecule has 3 aromatic carbocycles. The van der Waals surface area contributed by atoms with Crippen LogP contribution in [0.25, 0.3) is 22.3 Å². The average Bonchev–Trinajstić information content (AvgIpc) is 2.79. The van der Waals surface area contributed by atoms with Crippen LogP contribution in [-0.4, -0.2) is 26.4 Å². The first kappa shape index (κ1) is 23.3. The van der Waals surface area contributed by atoms with Crippen LogP contribution >= 0.6 is 15.9 Å². The number of rotatable bonds is 5. The zero-order valence-electron chi connectivity index (χ0n) is 18.7. The van der Waals surface area contributed by atoms with Gasteiger partial charge in [0.05, 0.1) is 22.0 Å². The molecule has 0 aliphatic rings. The summed E-state index contributed by atoms with van der Waals surface area (Å²) in [5, 5.41) is 16.6. The average molecular weight is 521 g/mol.